The molecule has 0 heterocycles. The summed E-state index contributed by atoms with van der Waals surface area (Å²) in [5.74, 6) is -0.289. The van der Waals surface area contributed by atoms with E-state index < -0.39 is 11.9 Å². The predicted octanol–water partition coefficient (Wildman–Crippen LogP) is 5.35. The van der Waals surface area contributed by atoms with Crippen LogP contribution in [-0.2, 0) is 20.4 Å². The molecule has 0 saturated heterocycles. The van der Waals surface area contributed by atoms with Crippen molar-refractivity contribution in [2.75, 3.05) is 0 Å². The van der Waals surface area contributed by atoms with Crippen molar-refractivity contribution < 1.29 is 19.1 Å². The van der Waals surface area contributed by atoms with E-state index in [9.17, 15) is 9.59 Å². The normalized spacial score (nSPS) is 12.1. The number of carbonyl (C=O) groups is 2. The van der Waals surface area contributed by atoms with Crippen molar-refractivity contribution in [3.05, 3.63) is 71.8 Å². The van der Waals surface area contributed by atoms with E-state index in [0.717, 1.165) is 23.3 Å². The Morgan fingerprint density at radius 2 is 0.964 bits per heavy atom. The van der Waals surface area contributed by atoms with Gasteiger partial charge in [0.15, 0.2) is 0 Å². The van der Waals surface area contributed by atoms with E-state index in [0.29, 0.717) is 11.5 Å². The highest BCUT2D eigenvalue weighted by molar-refractivity contribution is 5.93. The van der Waals surface area contributed by atoms with Gasteiger partial charge in [-0.15, -0.1) is 0 Å². The molecule has 0 N–H and O–H groups in total. The molecule has 0 bridgehead atoms. The highest BCUT2D eigenvalue weighted by Gasteiger charge is 2.21. The third-order valence-corrected chi connectivity index (χ3v) is 4.17. The van der Waals surface area contributed by atoms with Crippen LogP contribution in [0.5, 0.6) is 11.5 Å². The van der Waals surface area contributed by atoms with E-state index in [1.54, 1.807) is 24.3 Å². The molecule has 0 aliphatic rings. The van der Waals surface area contributed by atoms with E-state index >= 15 is 0 Å². The van der Waals surface area contributed by atoms with Crippen LogP contribution in [0, 0.1) is 0 Å². The Kier molecular flexibility index (Phi) is 6.45. The van der Waals surface area contributed by atoms with Gasteiger partial charge in [-0.25, -0.2) is 9.59 Å². The zero-order chi connectivity index (χ0) is 20.9. The van der Waals surface area contributed by atoms with Crippen LogP contribution in [0.2, 0.25) is 0 Å². The van der Waals surface area contributed by atoms with Gasteiger partial charge in [0.1, 0.15) is 11.5 Å². The number of hydrogen-bond acceptors (Lipinski definition) is 4. The summed E-state index contributed by atoms with van der Waals surface area (Å²) in [6, 6.07) is 14.7. The van der Waals surface area contributed by atoms with Crippen molar-refractivity contribution in [1.82, 2.24) is 0 Å². The maximum Gasteiger partial charge on any atom is 0.336 e. The van der Waals surface area contributed by atoms with Gasteiger partial charge in [-0.05, 0) is 23.0 Å². The number of carbonyl (C=O) groups excluding carboxylic acids is 2. The second kappa shape index (κ2) is 8.42. The molecular formula is C24H28O4. The fourth-order valence-electron chi connectivity index (χ4n) is 2.77. The van der Waals surface area contributed by atoms with Gasteiger partial charge in [0.2, 0.25) is 0 Å². The Morgan fingerprint density at radius 3 is 1.29 bits per heavy atom. The molecule has 28 heavy (non-hydrogen) atoms. The first kappa shape index (κ1) is 21.4. The third kappa shape index (κ3) is 5.81. The number of para-hydroxylation sites is 2. The van der Waals surface area contributed by atoms with Gasteiger partial charge in [-0.3, -0.25) is 0 Å². The first-order valence-corrected chi connectivity index (χ1v) is 9.29. The van der Waals surface area contributed by atoms with E-state index in [2.05, 4.69) is 0 Å². The first-order chi connectivity index (χ1) is 13.0. The summed E-state index contributed by atoms with van der Waals surface area (Å²) < 4.78 is 10.8. The standard InChI is InChI=1S/C24H28O4/c1-23(2,3)17-11-7-9-13-19(17)27-21(25)15-16-22(26)28-20-14-10-8-12-18(20)24(4,5)6/h7-16H,1-6H3/b16-15+. The third-order valence-electron chi connectivity index (χ3n) is 4.17. The molecule has 2 aromatic rings. The van der Waals surface area contributed by atoms with Crippen LogP contribution in [0.4, 0.5) is 0 Å². The molecule has 4 heteroatoms. The summed E-state index contributed by atoms with van der Waals surface area (Å²) in [6.45, 7) is 12.2. The van der Waals surface area contributed by atoms with Gasteiger partial charge in [0.25, 0.3) is 0 Å². The second-order valence-electron chi connectivity index (χ2n) is 8.67. The van der Waals surface area contributed by atoms with Crippen molar-refractivity contribution >= 4 is 11.9 Å². The number of benzene rings is 2. The number of ether oxygens (including phenoxy) is 2. The number of esters is 2. The predicted molar refractivity (Wildman–Crippen MR) is 111 cm³/mol. The summed E-state index contributed by atoms with van der Waals surface area (Å²) in [5, 5.41) is 0. The van der Waals surface area contributed by atoms with Crippen LogP contribution >= 0.6 is 0 Å². The maximum absolute atomic E-state index is 12.2. The Labute approximate surface area is 167 Å². The largest absolute Gasteiger partial charge is 0.423 e. The summed E-state index contributed by atoms with van der Waals surface area (Å²) in [6.07, 6.45) is 2.17. The molecular weight excluding hydrogens is 352 g/mol. The summed E-state index contributed by atoms with van der Waals surface area (Å²) in [5.41, 5.74) is 1.49. The molecule has 0 spiro atoms. The molecule has 0 radical (unpaired) electrons. The molecule has 2 aromatic carbocycles. The second-order valence-corrected chi connectivity index (χ2v) is 8.67. The van der Waals surface area contributed by atoms with Gasteiger partial charge in [-0.1, -0.05) is 77.9 Å². The van der Waals surface area contributed by atoms with Gasteiger partial charge in [0, 0.05) is 23.3 Å². The highest BCUT2D eigenvalue weighted by atomic mass is 16.5. The molecule has 0 saturated carbocycles. The average molecular weight is 380 g/mol. The van der Waals surface area contributed by atoms with Crippen molar-refractivity contribution in [3.63, 3.8) is 0 Å². The van der Waals surface area contributed by atoms with Gasteiger partial charge in [0.05, 0.1) is 0 Å². The van der Waals surface area contributed by atoms with Crippen LogP contribution < -0.4 is 9.47 Å². The van der Waals surface area contributed by atoms with E-state index in [1.165, 1.54) is 0 Å². The average Bonchev–Trinajstić information content (AvgIpc) is 2.59. The Morgan fingerprint density at radius 1 is 0.643 bits per heavy atom. The molecule has 0 aromatic heterocycles. The molecule has 0 aliphatic heterocycles. The molecule has 0 atom stereocenters. The smallest absolute Gasteiger partial charge is 0.336 e. The summed E-state index contributed by atoms with van der Waals surface area (Å²) in [4.78, 5) is 24.3. The number of rotatable bonds is 4. The SMILES string of the molecule is CC(C)(C)c1ccccc1OC(=O)/C=C/C(=O)Oc1ccccc1C(C)(C)C. The van der Waals surface area contributed by atoms with Crippen LogP contribution in [0.25, 0.3) is 0 Å². The summed E-state index contributed by atoms with van der Waals surface area (Å²) >= 11 is 0. The Bertz CT molecular complexity index is 806. The van der Waals surface area contributed by atoms with E-state index in [4.69, 9.17) is 9.47 Å². The Balaban J connectivity index is 2.08. The zero-order valence-electron chi connectivity index (χ0n) is 17.4. The van der Waals surface area contributed by atoms with Gasteiger partial charge < -0.3 is 9.47 Å². The molecule has 0 fully saturated rings. The minimum Gasteiger partial charge on any atom is -0.423 e. The summed E-state index contributed by atoms with van der Waals surface area (Å²) in [7, 11) is 0. The lowest BCUT2D eigenvalue weighted by Gasteiger charge is -2.22. The molecule has 148 valence electrons. The molecule has 0 aliphatic carbocycles. The van der Waals surface area contributed by atoms with Crippen LogP contribution in [0.3, 0.4) is 0 Å². The monoisotopic (exact) mass is 380 g/mol. The molecule has 0 unspecified atom stereocenters. The maximum atomic E-state index is 12.2. The Hall–Kier alpha value is -2.88. The van der Waals surface area contributed by atoms with Crippen molar-refractivity contribution in [1.29, 1.82) is 0 Å². The lowest BCUT2D eigenvalue weighted by atomic mass is 9.86. The fourth-order valence-corrected chi connectivity index (χ4v) is 2.77. The highest BCUT2D eigenvalue weighted by Crippen LogP contribution is 2.32. The number of hydrogen-bond donors (Lipinski definition) is 0. The van der Waals surface area contributed by atoms with Crippen molar-refractivity contribution in [3.8, 4) is 11.5 Å². The van der Waals surface area contributed by atoms with Crippen LogP contribution in [0.1, 0.15) is 52.7 Å². The first-order valence-electron chi connectivity index (χ1n) is 9.29. The molecule has 4 nitrogen and oxygen atoms in total. The fraction of sp³-hybridized carbons (Fsp3) is 0.333. The topological polar surface area (TPSA) is 52.6 Å². The lowest BCUT2D eigenvalue weighted by molar-refractivity contribution is -0.131. The van der Waals surface area contributed by atoms with Gasteiger partial charge in [-0.2, -0.15) is 0 Å². The minimum atomic E-state index is -0.627. The quantitative estimate of drug-likeness (QED) is 0.408. The zero-order valence-corrected chi connectivity index (χ0v) is 17.4. The van der Waals surface area contributed by atoms with Crippen LogP contribution in [0.15, 0.2) is 60.7 Å². The minimum absolute atomic E-state index is 0.170. The van der Waals surface area contributed by atoms with E-state index in [1.807, 2.05) is 65.8 Å². The van der Waals surface area contributed by atoms with Crippen LogP contribution in [-0.4, -0.2) is 11.9 Å². The van der Waals surface area contributed by atoms with Crippen molar-refractivity contribution in [2.45, 2.75) is 52.4 Å². The van der Waals surface area contributed by atoms with Crippen molar-refractivity contribution in [2.24, 2.45) is 0 Å². The lowest BCUT2D eigenvalue weighted by Crippen LogP contribution is -2.16. The van der Waals surface area contributed by atoms with Gasteiger partial charge >= 0.3 is 11.9 Å². The molecule has 0 amide bonds. The molecule has 2 rings (SSSR count). The van der Waals surface area contributed by atoms with E-state index in [-0.39, 0.29) is 10.8 Å².